The lowest BCUT2D eigenvalue weighted by Gasteiger charge is -2.22. The molecule has 0 heterocycles. The first-order chi connectivity index (χ1) is 7.04. The maximum Gasteiger partial charge on any atom is 0.220 e. The van der Waals surface area contributed by atoms with Crippen molar-refractivity contribution in [2.24, 2.45) is 17.6 Å². The molecule has 2 atom stereocenters. The minimum atomic E-state index is 0.146. The van der Waals surface area contributed by atoms with Gasteiger partial charge < -0.3 is 11.1 Å². The molecule has 0 rings (SSSR count). The molecule has 0 aliphatic rings. The van der Waals surface area contributed by atoms with Crippen molar-refractivity contribution in [2.45, 2.75) is 53.0 Å². The third kappa shape index (κ3) is 5.78. The molecule has 15 heavy (non-hydrogen) atoms. The predicted molar refractivity (Wildman–Crippen MR) is 64.5 cm³/mol. The van der Waals surface area contributed by atoms with E-state index in [0.717, 1.165) is 12.8 Å². The van der Waals surface area contributed by atoms with Gasteiger partial charge in [0, 0.05) is 12.5 Å². The summed E-state index contributed by atoms with van der Waals surface area (Å²) in [7, 11) is 0. The van der Waals surface area contributed by atoms with Gasteiger partial charge in [-0.2, -0.15) is 0 Å². The second-order valence-electron chi connectivity index (χ2n) is 4.54. The summed E-state index contributed by atoms with van der Waals surface area (Å²) in [6.07, 6.45) is 2.53. The van der Waals surface area contributed by atoms with Crippen LogP contribution in [0.25, 0.3) is 0 Å². The minimum absolute atomic E-state index is 0.146. The highest BCUT2D eigenvalue weighted by Crippen LogP contribution is 2.09. The van der Waals surface area contributed by atoms with Gasteiger partial charge in [-0.15, -0.1) is 0 Å². The Balaban J connectivity index is 4.00. The number of hydrogen-bond acceptors (Lipinski definition) is 2. The Morgan fingerprint density at radius 2 is 1.87 bits per heavy atom. The molecule has 0 saturated carbocycles. The van der Waals surface area contributed by atoms with Crippen molar-refractivity contribution in [3.63, 3.8) is 0 Å². The van der Waals surface area contributed by atoms with Crippen LogP contribution in [0.1, 0.15) is 47.0 Å². The van der Waals surface area contributed by atoms with Gasteiger partial charge >= 0.3 is 0 Å². The van der Waals surface area contributed by atoms with E-state index in [0.29, 0.717) is 30.8 Å². The van der Waals surface area contributed by atoms with Gasteiger partial charge in [-0.3, -0.25) is 4.79 Å². The Kier molecular flexibility index (Phi) is 7.39. The summed E-state index contributed by atoms with van der Waals surface area (Å²) in [6.45, 7) is 9.04. The van der Waals surface area contributed by atoms with Gasteiger partial charge in [-0.1, -0.05) is 34.1 Å². The Morgan fingerprint density at radius 1 is 1.27 bits per heavy atom. The van der Waals surface area contributed by atoms with Crippen LogP contribution in [0.4, 0.5) is 0 Å². The molecule has 0 aromatic rings. The molecule has 0 saturated heterocycles. The molecule has 1 amide bonds. The van der Waals surface area contributed by atoms with Gasteiger partial charge in [0.25, 0.3) is 0 Å². The summed E-state index contributed by atoms with van der Waals surface area (Å²) in [4.78, 5) is 11.7. The lowest BCUT2D eigenvalue weighted by molar-refractivity contribution is -0.123. The fourth-order valence-electron chi connectivity index (χ4n) is 1.66. The van der Waals surface area contributed by atoms with Gasteiger partial charge in [0.15, 0.2) is 0 Å². The molecule has 0 radical (unpaired) electrons. The van der Waals surface area contributed by atoms with Crippen molar-refractivity contribution in [3.05, 3.63) is 0 Å². The number of nitrogens with two attached hydrogens (primary N) is 1. The first kappa shape index (κ1) is 14.4. The van der Waals surface area contributed by atoms with Gasteiger partial charge in [-0.05, 0) is 24.8 Å². The molecule has 0 aromatic heterocycles. The maximum atomic E-state index is 11.7. The van der Waals surface area contributed by atoms with E-state index in [1.165, 1.54) is 0 Å². The summed E-state index contributed by atoms with van der Waals surface area (Å²) in [5, 5.41) is 3.07. The maximum absolute atomic E-state index is 11.7. The zero-order chi connectivity index (χ0) is 11.8. The highest BCUT2D eigenvalue weighted by Gasteiger charge is 2.16. The SMILES string of the molecule is CCC(CN)CC(=O)NC(CC)C(C)C. The topological polar surface area (TPSA) is 55.1 Å². The zero-order valence-electron chi connectivity index (χ0n) is 10.5. The van der Waals surface area contributed by atoms with Crippen molar-refractivity contribution in [1.29, 1.82) is 0 Å². The second-order valence-corrected chi connectivity index (χ2v) is 4.54. The van der Waals surface area contributed by atoms with E-state index in [1.807, 2.05) is 0 Å². The van der Waals surface area contributed by atoms with Crippen molar-refractivity contribution in [3.8, 4) is 0 Å². The number of carbonyl (C=O) groups excluding carboxylic acids is 1. The normalized spacial score (nSPS) is 15.1. The molecule has 0 aliphatic carbocycles. The number of rotatable bonds is 7. The standard InChI is InChI=1S/C12H26N2O/c1-5-10(8-13)7-12(15)14-11(6-2)9(3)4/h9-11H,5-8,13H2,1-4H3,(H,14,15). The molecule has 0 bridgehead atoms. The summed E-state index contributed by atoms with van der Waals surface area (Å²) >= 11 is 0. The van der Waals surface area contributed by atoms with E-state index in [1.54, 1.807) is 0 Å². The fourth-order valence-corrected chi connectivity index (χ4v) is 1.66. The van der Waals surface area contributed by atoms with Crippen molar-refractivity contribution in [2.75, 3.05) is 6.54 Å². The Hall–Kier alpha value is -0.570. The summed E-state index contributed by atoms with van der Waals surface area (Å²) in [5.74, 6) is 0.972. The summed E-state index contributed by atoms with van der Waals surface area (Å²) < 4.78 is 0. The predicted octanol–water partition coefficient (Wildman–Crippen LogP) is 1.91. The van der Waals surface area contributed by atoms with E-state index >= 15 is 0 Å². The van der Waals surface area contributed by atoms with Gasteiger partial charge in [0.1, 0.15) is 0 Å². The molecule has 0 fully saturated rings. The molecule has 0 spiro atoms. The Morgan fingerprint density at radius 3 is 2.20 bits per heavy atom. The number of amides is 1. The average molecular weight is 214 g/mol. The number of carbonyl (C=O) groups is 1. The Labute approximate surface area is 93.8 Å². The van der Waals surface area contributed by atoms with Gasteiger partial charge in [0.2, 0.25) is 5.91 Å². The first-order valence-corrected chi connectivity index (χ1v) is 6.04. The third-order valence-corrected chi connectivity index (χ3v) is 2.98. The fraction of sp³-hybridized carbons (Fsp3) is 0.917. The largest absolute Gasteiger partial charge is 0.353 e. The summed E-state index contributed by atoms with van der Waals surface area (Å²) in [5.41, 5.74) is 5.57. The smallest absolute Gasteiger partial charge is 0.220 e. The molecule has 90 valence electrons. The first-order valence-electron chi connectivity index (χ1n) is 6.04. The van der Waals surface area contributed by atoms with Gasteiger partial charge in [-0.25, -0.2) is 0 Å². The quantitative estimate of drug-likeness (QED) is 0.680. The second kappa shape index (κ2) is 7.69. The monoisotopic (exact) mass is 214 g/mol. The van der Waals surface area contributed by atoms with E-state index in [-0.39, 0.29) is 5.91 Å². The van der Waals surface area contributed by atoms with Crippen LogP contribution >= 0.6 is 0 Å². The van der Waals surface area contributed by atoms with Crippen LogP contribution in [-0.2, 0) is 4.79 Å². The molecular weight excluding hydrogens is 188 g/mol. The molecule has 0 aliphatic heterocycles. The number of nitrogens with one attached hydrogen (secondary N) is 1. The van der Waals surface area contributed by atoms with Crippen molar-refractivity contribution in [1.82, 2.24) is 5.32 Å². The van der Waals surface area contributed by atoms with E-state index in [2.05, 4.69) is 33.0 Å². The van der Waals surface area contributed by atoms with E-state index in [9.17, 15) is 4.79 Å². The summed E-state index contributed by atoms with van der Waals surface area (Å²) in [6, 6.07) is 0.299. The molecule has 3 heteroatoms. The van der Waals surface area contributed by atoms with Crippen LogP contribution in [0.15, 0.2) is 0 Å². The molecular formula is C12H26N2O. The van der Waals surface area contributed by atoms with Crippen LogP contribution in [0, 0.1) is 11.8 Å². The molecule has 2 unspecified atom stereocenters. The molecule has 3 nitrogen and oxygen atoms in total. The highest BCUT2D eigenvalue weighted by molar-refractivity contribution is 5.76. The minimum Gasteiger partial charge on any atom is -0.353 e. The van der Waals surface area contributed by atoms with Crippen LogP contribution < -0.4 is 11.1 Å². The van der Waals surface area contributed by atoms with Crippen LogP contribution in [-0.4, -0.2) is 18.5 Å². The highest BCUT2D eigenvalue weighted by atomic mass is 16.1. The van der Waals surface area contributed by atoms with Gasteiger partial charge in [0.05, 0.1) is 0 Å². The van der Waals surface area contributed by atoms with Crippen molar-refractivity contribution >= 4 is 5.91 Å². The van der Waals surface area contributed by atoms with Crippen LogP contribution in [0.5, 0.6) is 0 Å². The number of hydrogen-bond donors (Lipinski definition) is 2. The lowest BCUT2D eigenvalue weighted by Crippen LogP contribution is -2.39. The van der Waals surface area contributed by atoms with E-state index < -0.39 is 0 Å². The van der Waals surface area contributed by atoms with Crippen molar-refractivity contribution < 1.29 is 4.79 Å². The zero-order valence-corrected chi connectivity index (χ0v) is 10.5. The Bertz CT molecular complexity index is 176. The molecule has 3 N–H and O–H groups in total. The average Bonchev–Trinajstić information content (AvgIpc) is 2.22. The van der Waals surface area contributed by atoms with Crippen LogP contribution in [0.3, 0.4) is 0 Å². The lowest BCUT2D eigenvalue weighted by atomic mass is 9.99. The third-order valence-electron chi connectivity index (χ3n) is 2.98. The van der Waals surface area contributed by atoms with Crippen LogP contribution in [0.2, 0.25) is 0 Å². The van der Waals surface area contributed by atoms with E-state index in [4.69, 9.17) is 5.73 Å². The molecule has 0 aromatic carbocycles.